The number of phosphoric ester groups is 1. The molecule has 15 nitrogen and oxygen atoms in total. The Bertz CT molecular complexity index is 1040. The molecule has 18 heteroatoms. The van der Waals surface area contributed by atoms with E-state index in [1.54, 1.807) is 4.57 Å². The van der Waals surface area contributed by atoms with Crippen LogP contribution >= 0.6 is 23.5 Å². The number of phosphoric acid groups is 3. The highest BCUT2D eigenvalue weighted by Crippen LogP contribution is 2.60. The van der Waals surface area contributed by atoms with E-state index in [0.29, 0.717) is 30.4 Å². The summed E-state index contributed by atoms with van der Waals surface area (Å²) in [4.78, 5) is 55.7. The Hall–Kier alpha value is -1.24. The highest BCUT2D eigenvalue weighted by atomic mass is 31.3. The molecule has 162 valence electrons. The van der Waals surface area contributed by atoms with E-state index < -0.39 is 36.0 Å². The Kier molecular flexibility index (Phi) is 6.29. The van der Waals surface area contributed by atoms with Gasteiger partial charge in [-0.15, -0.1) is 0 Å². The molecular weight excluding hydrogens is 455 g/mol. The number of fused-ring (bicyclic) bond motifs is 1. The maximum absolute atomic E-state index is 11.7. The summed E-state index contributed by atoms with van der Waals surface area (Å²) in [5, 5.41) is 0. The molecule has 1 fully saturated rings. The van der Waals surface area contributed by atoms with Gasteiger partial charge in [0.25, 0.3) is 15.6 Å². The third-order valence-corrected chi connectivity index (χ3v) is 7.88. The molecule has 1 saturated carbocycles. The summed E-state index contributed by atoms with van der Waals surface area (Å²) in [6.07, 6.45) is 4.61. The maximum atomic E-state index is 11.7. The van der Waals surface area contributed by atoms with Crippen molar-refractivity contribution in [2.24, 2.45) is 5.92 Å². The zero-order valence-electron chi connectivity index (χ0n) is 14.4. The fourth-order valence-corrected chi connectivity index (χ4v) is 6.07. The Labute approximate surface area is 163 Å². The van der Waals surface area contributed by atoms with Gasteiger partial charge in [0.1, 0.15) is 11.8 Å². The first-order valence-electron chi connectivity index (χ1n) is 8.01. The van der Waals surface area contributed by atoms with E-state index in [2.05, 4.69) is 28.1 Å². The minimum absolute atomic E-state index is 0.178. The predicted molar refractivity (Wildman–Crippen MR) is 87.1 cm³/mol. The first-order valence-corrected chi connectivity index (χ1v) is 12.4. The van der Waals surface area contributed by atoms with Crippen LogP contribution < -0.4 is 25.3 Å². The number of nitrogen functional groups attached to an aromatic ring is 1. The molecule has 4 atom stereocenters. The minimum Gasteiger partial charge on any atom is -0.790 e. The number of hydrogen-bond acceptors (Lipinski definition) is 14. The van der Waals surface area contributed by atoms with Gasteiger partial charge in [-0.3, -0.25) is 13.4 Å². The van der Waals surface area contributed by atoms with E-state index in [0.717, 1.165) is 0 Å². The number of imidazole rings is 1. The molecule has 1 aliphatic rings. The van der Waals surface area contributed by atoms with Crippen LogP contribution in [0.4, 0.5) is 5.82 Å². The lowest BCUT2D eigenvalue weighted by Gasteiger charge is -2.37. The van der Waals surface area contributed by atoms with Gasteiger partial charge in [-0.25, -0.2) is 19.3 Å². The first kappa shape index (κ1) is 22.4. The fraction of sp³-hybridized carbons (Fsp3) is 0.545. The van der Waals surface area contributed by atoms with Crippen molar-refractivity contribution in [2.45, 2.75) is 25.3 Å². The van der Waals surface area contributed by atoms with Crippen molar-refractivity contribution in [3.05, 3.63) is 12.7 Å². The van der Waals surface area contributed by atoms with Gasteiger partial charge < -0.3 is 39.0 Å². The molecule has 2 aromatic heterocycles. The molecule has 0 aromatic carbocycles. The summed E-state index contributed by atoms with van der Waals surface area (Å²) in [6, 6.07) is -0.284. The van der Waals surface area contributed by atoms with E-state index in [-0.39, 0.29) is 11.9 Å². The van der Waals surface area contributed by atoms with Gasteiger partial charge in [0.15, 0.2) is 11.5 Å². The molecule has 3 rings (SSSR count). The second kappa shape index (κ2) is 8.12. The average molecular weight is 469 g/mol. The SMILES string of the molecule is Nc1ncnc2c1ncn2C1CCCC1COP(=O)([O-])OP(=O)([O-])OP(=O)([O-])[O-]. The lowest BCUT2D eigenvalue weighted by molar-refractivity contribution is -0.339. The largest absolute Gasteiger partial charge is 0.790 e. The quantitative estimate of drug-likeness (QED) is 0.436. The van der Waals surface area contributed by atoms with Crippen molar-refractivity contribution in [2.75, 3.05) is 12.3 Å². The number of anilines is 1. The summed E-state index contributed by atoms with van der Waals surface area (Å²) in [6.45, 7) is -0.474. The number of hydrogen-bond donors (Lipinski definition) is 1. The summed E-state index contributed by atoms with van der Waals surface area (Å²) in [5.74, 6) is -0.219. The van der Waals surface area contributed by atoms with Crippen LogP contribution in [0.25, 0.3) is 11.2 Å². The second-order valence-corrected chi connectivity index (χ2v) is 10.4. The van der Waals surface area contributed by atoms with Gasteiger partial charge in [0.2, 0.25) is 0 Å². The molecule has 2 heterocycles. The maximum Gasteiger partial charge on any atom is 0.278 e. The third kappa shape index (κ3) is 5.68. The summed E-state index contributed by atoms with van der Waals surface area (Å²) >= 11 is 0. The minimum atomic E-state index is -6.03. The molecule has 0 aliphatic heterocycles. The molecule has 0 bridgehead atoms. The fourth-order valence-electron chi connectivity index (χ4n) is 3.16. The smallest absolute Gasteiger partial charge is 0.278 e. The molecule has 0 spiro atoms. The molecule has 0 radical (unpaired) electrons. The molecule has 0 saturated heterocycles. The topological polar surface area (TPSA) is 241 Å². The Balaban J connectivity index is 1.69. The van der Waals surface area contributed by atoms with Gasteiger partial charge in [0.05, 0.1) is 20.8 Å². The number of rotatable bonds is 8. The van der Waals surface area contributed by atoms with E-state index >= 15 is 0 Å². The Morgan fingerprint density at radius 1 is 1.07 bits per heavy atom. The zero-order valence-corrected chi connectivity index (χ0v) is 17.1. The van der Waals surface area contributed by atoms with Crippen molar-refractivity contribution in [1.82, 2.24) is 19.5 Å². The van der Waals surface area contributed by atoms with E-state index in [4.69, 9.17) is 5.73 Å². The van der Waals surface area contributed by atoms with Crippen LogP contribution in [-0.4, -0.2) is 26.1 Å². The second-order valence-electron chi connectivity index (χ2n) is 6.14. The van der Waals surface area contributed by atoms with Crippen LogP contribution in [0, 0.1) is 5.92 Å². The lowest BCUT2D eigenvalue weighted by Crippen LogP contribution is -2.22. The zero-order chi connectivity index (χ0) is 21.4. The molecular formula is C11H14N5O10P3-4. The predicted octanol–water partition coefficient (Wildman–Crippen LogP) is -1.43. The number of nitrogens with zero attached hydrogens (tertiary/aromatic N) is 4. The highest BCUT2D eigenvalue weighted by molar-refractivity contribution is 7.64. The molecule has 2 N–H and O–H groups in total. The van der Waals surface area contributed by atoms with Crippen LogP contribution in [0.15, 0.2) is 12.7 Å². The van der Waals surface area contributed by atoms with Gasteiger partial charge in [-0.1, -0.05) is 6.42 Å². The Morgan fingerprint density at radius 2 is 1.79 bits per heavy atom. The third-order valence-electron chi connectivity index (χ3n) is 4.21. The Morgan fingerprint density at radius 3 is 2.48 bits per heavy atom. The number of nitrogens with two attached hydrogens (primary N) is 1. The van der Waals surface area contributed by atoms with Crippen molar-refractivity contribution >= 4 is 40.4 Å². The van der Waals surface area contributed by atoms with E-state index in [1.165, 1.54) is 12.7 Å². The van der Waals surface area contributed by atoms with Crippen LogP contribution in [-0.2, 0) is 26.8 Å². The van der Waals surface area contributed by atoms with Gasteiger partial charge in [-0.05, 0) is 12.8 Å². The van der Waals surface area contributed by atoms with E-state index in [9.17, 15) is 33.3 Å². The normalized spacial score (nSPS) is 24.4. The van der Waals surface area contributed by atoms with Crippen LogP contribution in [0.2, 0.25) is 0 Å². The molecule has 29 heavy (non-hydrogen) atoms. The standard InChI is InChI=1S/C11H18N5O10P3/c12-10-9-11(14-5-13-10)16(6-15-9)8-3-1-2-7(8)4-24-28(20,21)26-29(22,23)25-27(17,18)19/h5-8H,1-4H2,(H,20,21)(H,22,23)(H2,12,13,14)(H2,17,18,19)/p-4. The molecule has 4 unspecified atom stereocenters. The summed E-state index contributed by atoms with van der Waals surface area (Å²) in [5.41, 5.74) is 6.56. The van der Waals surface area contributed by atoms with Crippen molar-refractivity contribution in [3.63, 3.8) is 0 Å². The van der Waals surface area contributed by atoms with Crippen LogP contribution in [0.3, 0.4) is 0 Å². The summed E-state index contributed by atoms with van der Waals surface area (Å²) < 4.78 is 46.2. The van der Waals surface area contributed by atoms with Gasteiger partial charge >= 0.3 is 0 Å². The first-order chi connectivity index (χ1) is 13.4. The molecule has 0 amide bonds. The van der Waals surface area contributed by atoms with Crippen molar-refractivity contribution in [3.8, 4) is 0 Å². The summed E-state index contributed by atoms with van der Waals surface area (Å²) in [7, 11) is -17.5. The van der Waals surface area contributed by atoms with Crippen molar-refractivity contribution < 1.29 is 46.4 Å². The van der Waals surface area contributed by atoms with Crippen molar-refractivity contribution in [1.29, 1.82) is 0 Å². The van der Waals surface area contributed by atoms with Gasteiger partial charge in [-0.2, -0.15) is 0 Å². The van der Waals surface area contributed by atoms with E-state index in [1.807, 2.05) is 0 Å². The number of aromatic nitrogens is 4. The highest BCUT2D eigenvalue weighted by Gasteiger charge is 2.32. The molecule has 1 aliphatic carbocycles. The van der Waals surface area contributed by atoms with Crippen LogP contribution in [0.1, 0.15) is 25.3 Å². The monoisotopic (exact) mass is 469 g/mol. The average Bonchev–Trinajstić information content (AvgIpc) is 3.16. The van der Waals surface area contributed by atoms with Crippen LogP contribution in [0.5, 0.6) is 0 Å². The lowest BCUT2D eigenvalue weighted by atomic mass is 10.1. The van der Waals surface area contributed by atoms with Gasteiger partial charge in [0, 0.05) is 12.0 Å². The molecule has 2 aromatic rings.